The molecule has 288 valence electrons. The fourth-order valence-corrected chi connectivity index (χ4v) is 8.74. The molecule has 1 heterocycles. The third-order valence-corrected chi connectivity index (χ3v) is 13.0. The second-order valence-electron chi connectivity index (χ2n) is 15.6. The monoisotopic (exact) mass is 748 g/mol. The van der Waals surface area contributed by atoms with E-state index in [4.69, 9.17) is 23.7 Å². The lowest BCUT2D eigenvalue weighted by Gasteiger charge is -2.33. The van der Waals surface area contributed by atoms with Crippen molar-refractivity contribution in [1.29, 1.82) is 0 Å². The Morgan fingerprint density at radius 1 is 0.941 bits per heavy atom. The minimum absolute atomic E-state index is 0.0186. The van der Waals surface area contributed by atoms with Crippen LogP contribution in [0.3, 0.4) is 0 Å². The fourth-order valence-electron chi connectivity index (χ4n) is 6.34. The number of ether oxygens (including phenoxy) is 5. The molecule has 1 aliphatic carbocycles. The van der Waals surface area contributed by atoms with Gasteiger partial charge in [0.15, 0.2) is 0 Å². The first-order chi connectivity index (χ1) is 24.3. The largest absolute Gasteiger partial charge is 0.463 e. The highest BCUT2D eigenvalue weighted by Crippen LogP contribution is 2.33. The summed E-state index contributed by atoms with van der Waals surface area (Å²) in [4.78, 5) is 0.301. The van der Waals surface area contributed by atoms with Crippen LogP contribution >= 0.6 is 0 Å². The van der Waals surface area contributed by atoms with Crippen LogP contribution in [0.5, 0.6) is 5.75 Å². The summed E-state index contributed by atoms with van der Waals surface area (Å²) in [5.41, 5.74) is 2.65. The number of benzene rings is 2. The molecule has 0 unspecified atom stereocenters. The molecular weight excluding hydrogens is 685 g/mol. The first-order valence-corrected chi connectivity index (χ1v) is 24.2. The number of nitrogens with zero attached hydrogens (tertiary/aromatic N) is 1. The highest BCUT2D eigenvalue weighted by molar-refractivity contribution is 7.89. The molecule has 10 nitrogen and oxygen atoms in total. The Bertz CT molecular complexity index is 1430. The van der Waals surface area contributed by atoms with Crippen LogP contribution in [0, 0.1) is 0 Å². The van der Waals surface area contributed by atoms with E-state index in [1.807, 2.05) is 38.1 Å². The number of rotatable bonds is 23. The summed E-state index contributed by atoms with van der Waals surface area (Å²) in [6.07, 6.45) is 8.63. The van der Waals surface area contributed by atoms with E-state index in [-0.39, 0.29) is 12.8 Å². The molecule has 1 saturated carbocycles. The molecule has 2 aliphatic rings. The Kier molecular flexibility index (Phi) is 16.9. The predicted octanol–water partition coefficient (Wildman–Crippen LogP) is 7.38. The van der Waals surface area contributed by atoms with Gasteiger partial charge in [0.25, 0.3) is 0 Å². The van der Waals surface area contributed by atoms with Crippen molar-refractivity contribution >= 4 is 18.1 Å². The summed E-state index contributed by atoms with van der Waals surface area (Å²) in [5.74, 6) is 0.188. The summed E-state index contributed by atoms with van der Waals surface area (Å²) in [6, 6.07) is 13.9. The van der Waals surface area contributed by atoms with Gasteiger partial charge in [0.1, 0.15) is 12.5 Å². The Balaban J connectivity index is 1.06. The van der Waals surface area contributed by atoms with Crippen molar-refractivity contribution in [1.82, 2.24) is 9.62 Å². The van der Waals surface area contributed by atoms with E-state index in [9.17, 15) is 13.5 Å². The molecule has 2 aromatic rings. The van der Waals surface area contributed by atoms with Crippen LogP contribution in [0.4, 0.5) is 0 Å². The van der Waals surface area contributed by atoms with Crippen molar-refractivity contribution in [2.75, 3.05) is 46.2 Å². The number of nitrogens with one attached hydrogen (secondary N) is 1. The average molecular weight is 749 g/mol. The number of aliphatic hydroxyl groups excluding tert-OH is 1. The fraction of sp³-hybridized carbons (Fsp3) is 0.692. The summed E-state index contributed by atoms with van der Waals surface area (Å²) >= 11 is 0. The van der Waals surface area contributed by atoms with Crippen LogP contribution in [0.25, 0.3) is 0 Å². The maximum atomic E-state index is 13.9. The molecule has 0 radical (unpaired) electrons. The van der Waals surface area contributed by atoms with Gasteiger partial charge in [0, 0.05) is 53.3 Å². The van der Waals surface area contributed by atoms with Gasteiger partial charge in [-0.05, 0) is 73.7 Å². The maximum absolute atomic E-state index is 13.9. The third-order valence-electron chi connectivity index (χ3n) is 9.47. The normalized spacial score (nSPS) is 17.3. The van der Waals surface area contributed by atoms with E-state index >= 15 is 0 Å². The highest BCUT2D eigenvalue weighted by atomic mass is 32.2. The van der Waals surface area contributed by atoms with Crippen LogP contribution in [-0.4, -0.2) is 84.0 Å². The van der Waals surface area contributed by atoms with E-state index in [1.165, 1.54) is 0 Å². The molecule has 1 atom stereocenters. The summed E-state index contributed by atoms with van der Waals surface area (Å²) < 4.78 is 58.5. The highest BCUT2D eigenvalue weighted by Gasteiger charge is 2.33. The summed E-state index contributed by atoms with van der Waals surface area (Å²) in [5, 5.41) is 14.0. The van der Waals surface area contributed by atoms with Crippen LogP contribution in [0.15, 0.2) is 47.4 Å². The van der Waals surface area contributed by atoms with E-state index < -0.39 is 30.0 Å². The second-order valence-corrected chi connectivity index (χ2v) is 23.1. The quantitative estimate of drug-likeness (QED) is 0.0683. The molecule has 0 bridgehead atoms. The third kappa shape index (κ3) is 14.5. The molecule has 1 fully saturated rings. The van der Waals surface area contributed by atoms with Gasteiger partial charge < -0.3 is 34.1 Å². The zero-order valence-electron chi connectivity index (χ0n) is 31.8. The number of hydrogen-bond acceptors (Lipinski definition) is 9. The Labute approximate surface area is 308 Å². The minimum Gasteiger partial charge on any atom is -0.463 e. The van der Waals surface area contributed by atoms with Crippen molar-refractivity contribution in [2.24, 2.45) is 0 Å². The minimum atomic E-state index is -3.70. The van der Waals surface area contributed by atoms with E-state index in [0.29, 0.717) is 51.1 Å². The average Bonchev–Trinajstić information content (AvgIpc) is 3.09. The lowest BCUT2D eigenvalue weighted by Crippen LogP contribution is -2.43. The zero-order chi connectivity index (χ0) is 36.7. The van der Waals surface area contributed by atoms with Gasteiger partial charge in [-0.25, -0.2) is 8.42 Å². The number of sulfonamides is 1. The smallest absolute Gasteiger partial charge is 0.245 e. The Hall–Kier alpha value is -1.87. The number of hydrogen-bond donors (Lipinski definition) is 2. The zero-order valence-corrected chi connectivity index (χ0v) is 33.6. The van der Waals surface area contributed by atoms with Crippen molar-refractivity contribution in [3.63, 3.8) is 0 Å². The van der Waals surface area contributed by atoms with Gasteiger partial charge in [0.05, 0.1) is 37.4 Å². The molecular formula is C39H64N2O8SSi. The van der Waals surface area contributed by atoms with Gasteiger partial charge in [-0.3, -0.25) is 0 Å². The molecule has 4 rings (SSSR count). The summed E-state index contributed by atoms with van der Waals surface area (Å²) in [7, 11) is -4.97. The van der Waals surface area contributed by atoms with Gasteiger partial charge in [-0.1, -0.05) is 69.9 Å². The summed E-state index contributed by atoms with van der Waals surface area (Å²) in [6.45, 7) is 15.2. The molecule has 0 spiro atoms. The van der Waals surface area contributed by atoms with Crippen LogP contribution in [-0.2, 0) is 42.2 Å². The molecule has 0 aromatic heterocycles. The van der Waals surface area contributed by atoms with Gasteiger partial charge in [-0.2, -0.15) is 4.31 Å². The van der Waals surface area contributed by atoms with Gasteiger partial charge in [-0.15, -0.1) is 0 Å². The van der Waals surface area contributed by atoms with E-state index in [1.54, 1.807) is 22.5 Å². The maximum Gasteiger partial charge on any atom is 0.245 e. The van der Waals surface area contributed by atoms with Gasteiger partial charge in [0.2, 0.25) is 15.8 Å². The molecule has 0 saturated heterocycles. The van der Waals surface area contributed by atoms with Crippen LogP contribution < -0.4 is 10.1 Å². The van der Waals surface area contributed by atoms with Gasteiger partial charge >= 0.3 is 0 Å². The predicted molar refractivity (Wildman–Crippen MR) is 204 cm³/mol. The van der Waals surface area contributed by atoms with Crippen molar-refractivity contribution < 1.29 is 37.2 Å². The SMILES string of the molecule is CC1(C)OCc2cc([C@@H](O)CNCCCCCCOCCOCc3cccc(S(=O)(=O)N(COCC[Si](C)(C)C)C4CCCCC4)c3)ccc2O1. The number of unbranched alkanes of at least 4 members (excludes halogenated alkanes) is 3. The molecule has 12 heteroatoms. The first kappa shape index (κ1) is 41.9. The van der Waals surface area contributed by atoms with E-state index in [2.05, 4.69) is 25.0 Å². The Morgan fingerprint density at radius 3 is 2.49 bits per heavy atom. The molecule has 2 aromatic carbocycles. The topological polar surface area (TPSA) is 116 Å². The molecule has 0 amide bonds. The molecule has 51 heavy (non-hydrogen) atoms. The molecule has 1 aliphatic heterocycles. The first-order valence-electron chi connectivity index (χ1n) is 19.0. The lowest BCUT2D eigenvalue weighted by atomic mass is 9.96. The standard InChI is InChI=1S/C39H64N2O8SSi/c1-39(2)48-30-34-27-33(18-19-38(34)49-39)37(42)28-40-20-11-6-7-12-21-45-22-23-46-29-32-14-13-17-36(26-32)50(43,44)41(35-15-9-8-10-16-35)31-47-24-25-51(3,4)5/h13-14,17-19,26-27,35,37,40,42H,6-12,15-16,20-25,28-31H2,1-5H3/t37-/m0/s1. The molecule has 2 N–H and O–H groups in total. The number of fused-ring (bicyclic) bond motifs is 1. The second kappa shape index (κ2) is 20.5. The lowest BCUT2D eigenvalue weighted by molar-refractivity contribution is -0.180. The van der Waals surface area contributed by atoms with Crippen molar-refractivity contribution in [3.05, 3.63) is 59.2 Å². The number of aliphatic hydroxyl groups is 1. The van der Waals surface area contributed by atoms with Crippen LogP contribution in [0.2, 0.25) is 25.7 Å². The Morgan fingerprint density at radius 2 is 1.71 bits per heavy atom. The van der Waals surface area contributed by atoms with Crippen molar-refractivity contribution in [2.45, 2.75) is 133 Å². The van der Waals surface area contributed by atoms with E-state index in [0.717, 1.165) is 92.8 Å². The van der Waals surface area contributed by atoms with Crippen molar-refractivity contribution in [3.8, 4) is 5.75 Å². The van der Waals surface area contributed by atoms with Crippen LogP contribution in [0.1, 0.15) is 94.4 Å².